The first-order valence-electron chi connectivity index (χ1n) is 6.88. The summed E-state index contributed by atoms with van der Waals surface area (Å²) in [7, 11) is 0. The van der Waals surface area contributed by atoms with Gasteiger partial charge in [0.2, 0.25) is 0 Å². The summed E-state index contributed by atoms with van der Waals surface area (Å²) in [6, 6.07) is 21.9. The van der Waals surface area contributed by atoms with Crippen LogP contribution >= 0.6 is 0 Å². The summed E-state index contributed by atoms with van der Waals surface area (Å²) in [5, 5.41) is 1.31. The smallest absolute Gasteiger partial charge is 0.0608 e. The van der Waals surface area contributed by atoms with Crippen molar-refractivity contribution in [2.24, 2.45) is 5.92 Å². The summed E-state index contributed by atoms with van der Waals surface area (Å²) in [4.78, 5) is 0. The van der Waals surface area contributed by atoms with Crippen LogP contribution in [0.2, 0.25) is 0 Å². The highest BCUT2D eigenvalue weighted by Crippen LogP contribution is 2.30. The van der Waals surface area contributed by atoms with E-state index in [9.17, 15) is 0 Å². The van der Waals surface area contributed by atoms with Gasteiger partial charge in [0.15, 0.2) is 0 Å². The molecule has 0 aliphatic heterocycles. The molecule has 0 aliphatic rings. The van der Waals surface area contributed by atoms with Crippen molar-refractivity contribution in [3.05, 3.63) is 72.4 Å². The molecule has 0 saturated carbocycles. The van der Waals surface area contributed by atoms with Gasteiger partial charge < -0.3 is 4.57 Å². The average Bonchev–Trinajstić information content (AvgIpc) is 2.84. The van der Waals surface area contributed by atoms with Crippen LogP contribution in [0.3, 0.4) is 0 Å². The Hall–Kier alpha value is -2.02. The van der Waals surface area contributed by atoms with Gasteiger partial charge in [0.25, 0.3) is 0 Å². The summed E-state index contributed by atoms with van der Waals surface area (Å²) in [5.74, 6) is 0.554. The third kappa shape index (κ3) is 2.17. The number of para-hydroxylation sites is 1. The highest BCUT2D eigenvalue weighted by molar-refractivity contribution is 5.80. The Labute approximate surface area is 114 Å². The first-order chi connectivity index (χ1) is 9.27. The fourth-order valence-corrected chi connectivity index (χ4v) is 2.86. The third-order valence-corrected chi connectivity index (χ3v) is 3.70. The van der Waals surface area contributed by atoms with Crippen LogP contribution < -0.4 is 0 Å². The third-order valence-electron chi connectivity index (χ3n) is 3.70. The molecular formula is C18H19N. The maximum atomic E-state index is 2.40. The van der Waals surface area contributed by atoms with Crippen LogP contribution in [0.1, 0.15) is 25.5 Å². The topological polar surface area (TPSA) is 4.93 Å². The molecule has 0 saturated heterocycles. The predicted molar refractivity (Wildman–Crippen MR) is 81.4 cm³/mol. The van der Waals surface area contributed by atoms with Gasteiger partial charge in [-0.15, -0.1) is 0 Å². The van der Waals surface area contributed by atoms with Crippen molar-refractivity contribution in [1.82, 2.24) is 4.57 Å². The molecule has 3 aromatic rings. The van der Waals surface area contributed by atoms with E-state index in [1.807, 2.05) is 0 Å². The van der Waals surface area contributed by atoms with Crippen molar-refractivity contribution in [2.75, 3.05) is 0 Å². The van der Waals surface area contributed by atoms with E-state index in [0.29, 0.717) is 12.0 Å². The molecule has 2 aromatic carbocycles. The molecule has 0 amide bonds. The van der Waals surface area contributed by atoms with Crippen LogP contribution in [0.4, 0.5) is 0 Å². The Morgan fingerprint density at radius 1 is 0.789 bits per heavy atom. The van der Waals surface area contributed by atoms with E-state index in [2.05, 4.69) is 85.3 Å². The van der Waals surface area contributed by atoms with E-state index in [-0.39, 0.29) is 0 Å². The number of rotatable bonds is 3. The van der Waals surface area contributed by atoms with Crippen molar-refractivity contribution in [2.45, 2.75) is 19.9 Å². The zero-order valence-electron chi connectivity index (χ0n) is 11.5. The van der Waals surface area contributed by atoms with Crippen LogP contribution in [0.5, 0.6) is 0 Å². The second kappa shape index (κ2) is 4.93. The highest BCUT2D eigenvalue weighted by Gasteiger charge is 2.18. The van der Waals surface area contributed by atoms with E-state index < -0.39 is 0 Å². The van der Waals surface area contributed by atoms with Gasteiger partial charge in [-0.3, -0.25) is 0 Å². The molecule has 1 heteroatoms. The summed E-state index contributed by atoms with van der Waals surface area (Å²) in [5.41, 5.74) is 2.68. The van der Waals surface area contributed by atoms with Crippen molar-refractivity contribution < 1.29 is 0 Å². The second-order valence-corrected chi connectivity index (χ2v) is 5.38. The summed E-state index contributed by atoms with van der Waals surface area (Å²) >= 11 is 0. The zero-order chi connectivity index (χ0) is 13.2. The van der Waals surface area contributed by atoms with Gasteiger partial charge in [0, 0.05) is 11.7 Å². The molecule has 1 nitrogen and oxygen atoms in total. The molecule has 0 bridgehead atoms. The number of hydrogen-bond donors (Lipinski definition) is 0. The largest absolute Gasteiger partial charge is 0.340 e. The first kappa shape index (κ1) is 12.0. The molecule has 0 N–H and O–H groups in total. The quantitative estimate of drug-likeness (QED) is 0.623. The number of nitrogens with zero attached hydrogens (tertiary/aromatic N) is 1. The van der Waals surface area contributed by atoms with Crippen molar-refractivity contribution >= 4 is 10.9 Å². The van der Waals surface area contributed by atoms with Gasteiger partial charge in [-0.1, -0.05) is 62.4 Å². The first-order valence-corrected chi connectivity index (χ1v) is 6.88. The van der Waals surface area contributed by atoms with Crippen LogP contribution in [0.25, 0.3) is 10.9 Å². The highest BCUT2D eigenvalue weighted by atomic mass is 15.0. The fraction of sp³-hybridized carbons (Fsp3) is 0.222. The van der Waals surface area contributed by atoms with Crippen LogP contribution in [-0.4, -0.2) is 4.57 Å². The van der Waals surface area contributed by atoms with Gasteiger partial charge in [-0.2, -0.15) is 0 Å². The molecular weight excluding hydrogens is 230 g/mol. The van der Waals surface area contributed by atoms with Gasteiger partial charge in [-0.05, 0) is 29.0 Å². The lowest BCUT2D eigenvalue weighted by atomic mass is 9.95. The van der Waals surface area contributed by atoms with E-state index in [1.54, 1.807) is 0 Å². The molecule has 3 rings (SSSR count). The minimum Gasteiger partial charge on any atom is -0.340 e. The molecule has 0 fully saturated rings. The van der Waals surface area contributed by atoms with Crippen molar-refractivity contribution in [1.29, 1.82) is 0 Å². The standard InChI is InChI=1S/C18H19N/c1-14(2)18(16-9-4-3-5-10-16)19-13-12-15-8-6-7-11-17(15)19/h3-14,18H,1-2H3. The van der Waals surface area contributed by atoms with E-state index in [4.69, 9.17) is 0 Å². The Balaban J connectivity index is 2.16. The van der Waals surface area contributed by atoms with Crippen molar-refractivity contribution in [3.8, 4) is 0 Å². The lowest BCUT2D eigenvalue weighted by Crippen LogP contribution is -2.15. The Bertz CT molecular complexity index is 664. The van der Waals surface area contributed by atoms with Gasteiger partial charge in [-0.25, -0.2) is 0 Å². The monoisotopic (exact) mass is 249 g/mol. The normalized spacial score (nSPS) is 13.0. The van der Waals surface area contributed by atoms with Gasteiger partial charge in [0.1, 0.15) is 0 Å². The molecule has 0 spiro atoms. The van der Waals surface area contributed by atoms with Crippen LogP contribution in [0.15, 0.2) is 66.9 Å². The lowest BCUT2D eigenvalue weighted by Gasteiger charge is -2.24. The van der Waals surface area contributed by atoms with Gasteiger partial charge >= 0.3 is 0 Å². The molecule has 0 radical (unpaired) electrons. The van der Waals surface area contributed by atoms with Crippen molar-refractivity contribution in [3.63, 3.8) is 0 Å². The predicted octanol–water partition coefficient (Wildman–Crippen LogP) is 4.89. The average molecular weight is 249 g/mol. The molecule has 19 heavy (non-hydrogen) atoms. The van der Waals surface area contributed by atoms with Gasteiger partial charge in [0.05, 0.1) is 6.04 Å². The minimum absolute atomic E-state index is 0.390. The van der Waals surface area contributed by atoms with Crippen LogP contribution in [0, 0.1) is 5.92 Å². The van der Waals surface area contributed by atoms with Crippen LogP contribution in [-0.2, 0) is 0 Å². The Morgan fingerprint density at radius 2 is 1.47 bits per heavy atom. The summed E-state index contributed by atoms with van der Waals surface area (Å²) in [6.45, 7) is 4.57. The second-order valence-electron chi connectivity index (χ2n) is 5.38. The minimum atomic E-state index is 0.390. The SMILES string of the molecule is CC(C)C(c1ccccc1)n1ccc2ccccc21. The molecule has 1 heterocycles. The summed E-state index contributed by atoms with van der Waals surface area (Å²) < 4.78 is 2.40. The Morgan fingerprint density at radius 3 is 2.21 bits per heavy atom. The summed E-state index contributed by atoms with van der Waals surface area (Å²) in [6.07, 6.45) is 2.21. The molecule has 1 aromatic heterocycles. The zero-order valence-corrected chi connectivity index (χ0v) is 11.5. The molecule has 0 aliphatic carbocycles. The molecule has 1 unspecified atom stereocenters. The number of fused-ring (bicyclic) bond motifs is 1. The molecule has 1 atom stereocenters. The number of hydrogen-bond acceptors (Lipinski definition) is 0. The van der Waals surface area contributed by atoms with E-state index in [1.165, 1.54) is 16.5 Å². The lowest BCUT2D eigenvalue weighted by molar-refractivity contribution is 0.448. The number of benzene rings is 2. The fourth-order valence-electron chi connectivity index (χ4n) is 2.86. The van der Waals surface area contributed by atoms with E-state index >= 15 is 0 Å². The molecule has 96 valence electrons. The van der Waals surface area contributed by atoms with E-state index in [0.717, 1.165) is 0 Å². The number of aromatic nitrogens is 1. The Kier molecular flexibility index (Phi) is 3.12. The maximum absolute atomic E-state index is 2.40. The maximum Gasteiger partial charge on any atom is 0.0608 e.